The fourth-order valence-electron chi connectivity index (χ4n) is 5.62. The van der Waals surface area contributed by atoms with Crippen molar-refractivity contribution in [2.75, 3.05) is 4.90 Å². The van der Waals surface area contributed by atoms with Crippen LogP contribution in [0.2, 0.25) is 0 Å². The average Bonchev–Trinajstić information content (AvgIpc) is 3.41. The zero-order chi connectivity index (χ0) is 24.6. The Balaban J connectivity index is 1.55. The number of anilines is 1. The molecule has 2 fully saturated rings. The van der Waals surface area contributed by atoms with E-state index in [1.54, 1.807) is 42.5 Å². The Morgan fingerprint density at radius 2 is 1.49 bits per heavy atom. The van der Waals surface area contributed by atoms with Crippen molar-refractivity contribution in [2.24, 2.45) is 11.8 Å². The van der Waals surface area contributed by atoms with Gasteiger partial charge in [0, 0.05) is 14.7 Å². The van der Waals surface area contributed by atoms with Crippen LogP contribution in [0.3, 0.4) is 0 Å². The number of aryl methyl sites for hydroxylation is 2. The largest absolute Gasteiger partial charge is 0.349 e. The number of Topliss-reactive ketones (excluding diaryl/α,β-unsaturated/α-hetero) is 2. The maximum atomic E-state index is 14.0. The number of ketones is 2. The molecule has 0 N–H and O–H groups in total. The van der Waals surface area contributed by atoms with Crippen LogP contribution in [0, 0.1) is 29.3 Å². The first-order chi connectivity index (χ1) is 16.8. The van der Waals surface area contributed by atoms with Crippen molar-refractivity contribution in [1.29, 1.82) is 0 Å². The number of nitrogens with zero attached hydrogens (tertiary/aromatic N) is 1. The van der Waals surface area contributed by atoms with Crippen LogP contribution in [0.1, 0.15) is 43.5 Å². The maximum Gasteiger partial charge on any atom is 0.241 e. The molecule has 0 unspecified atom stereocenters. The molecular weight excluding hydrogens is 557 g/mol. The van der Waals surface area contributed by atoms with Crippen LogP contribution < -0.4 is 4.90 Å². The summed E-state index contributed by atoms with van der Waals surface area (Å²) in [5.41, 5.74) is 1.45. The smallest absolute Gasteiger partial charge is 0.241 e. The Morgan fingerprint density at radius 3 is 2.11 bits per heavy atom. The van der Waals surface area contributed by atoms with E-state index in [4.69, 9.17) is 4.74 Å². The van der Waals surface area contributed by atoms with Crippen molar-refractivity contribution in [3.05, 3.63) is 98.1 Å². The summed E-state index contributed by atoms with van der Waals surface area (Å²) in [4.78, 5) is 56.6. The number of imide groups is 1. The van der Waals surface area contributed by atoms with Gasteiger partial charge in [0.2, 0.25) is 29.0 Å². The molecule has 2 amide bonds. The molecule has 7 heteroatoms. The van der Waals surface area contributed by atoms with E-state index in [0.29, 0.717) is 11.3 Å². The zero-order valence-corrected chi connectivity index (χ0v) is 21.1. The van der Waals surface area contributed by atoms with Crippen molar-refractivity contribution in [2.45, 2.75) is 25.6 Å². The first-order valence-electron chi connectivity index (χ1n) is 11.3. The predicted octanol–water partition coefficient (Wildman–Crippen LogP) is 4.60. The normalized spacial score (nSPS) is 24.4. The van der Waals surface area contributed by atoms with Crippen LogP contribution in [0.25, 0.3) is 0 Å². The summed E-state index contributed by atoms with van der Waals surface area (Å²) in [5.74, 6) is -4.38. The van der Waals surface area contributed by atoms with Gasteiger partial charge < -0.3 is 4.74 Å². The van der Waals surface area contributed by atoms with Crippen molar-refractivity contribution in [1.82, 2.24) is 0 Å². The number of carbonyl (C=O) groups excluding carboxylic acids is 4. The molecule has 3 aromatic carbocycles. The van der Waals surface area contributed by atoms with Crippen LogP contribution >= 0.6 is 22.6 Å². The Morgan fingerprint density at radius 1 is 0.800 bits per heavy atom. The molecule has 3 aromatic rings. The Hall–Kier alpha value is -3.17. The molecular formula is C28H20INO5. The highest BCUT2D eigenvalue weighted by Crippen LogP contribution is 2.57. The van der Waals surface area contributed by atoms with Gasteiger partial charge in [0.25, 0.3) is 0 Å². The summed E-state index contributed by atoms with van der Waals surface area (Å²) in [6.07, 6.45) is -0.912. The SMILES string of the molecule is Cc1ccc(N2C(=O)[C@H]3[C@@H](C2=O)C2(O[C@H]3c3cccc(I)c3)C(=O)c3ccccc3C2=O)cc1C. The summed E-state index contributed by atoms with van der Waals surface area (Å²) in [5, 5.41) is 0. The van der Waals surface area contributed by atoms with E-state index in [1.807, 2.05) is 38.1 Å². The zero-order valence-electron chi connectivity index (χ0n) is 18.9. The van der Waals surface area contributed by atoms with Gasteiger partial charge in [0.05, 0.1) is 23.6 Å². The molecule has 0 radical (unpaired) electrons. The van der Waals surface area contributed by atoms with Gasteiger partial charge in [0.1, 0.15) is 0 Å². The van der Waals surface area contributed by atoms with E-state index in [0.717, 1.165) is 19.6 Å². The highest BCUT2D eigenvalue weighted by Gasteiger charge is 2.74. The van der Waals surface area contributed by atoms with E-state index in [1.165, 1.54) is 0 Å². The number of fused-ring (bicyclic) bond motifs is 3. The summed E-state index contributed by atoms with van der Waals surface area (Å²) in [6.45, 7) is 3.86. The van der Waals surface area contributed by atoms with Gasteiger partial charge in [-0.05, 0) is 77.4 Å². The van der Waals surface area contributed by atoms with Crippen LogP contribution in [-0.2, 0) is 14.3 Å². The summed E-state index contributed by atoms with van der Waals surface area (Å²) in [6, 6.07) is 19.2. The summed E-state index contributed by atoms with van der Waals surface area (Å²) in [7, 11) is 0. The van der Waals surface area contributed by atoms with E-state index < -0.39 is 46.9 Å². The number of carbonyl (C=O) groups is 4. The summed E-state index contributed by atoms with van der Waals surface area (Å²) < 4.78 is 7.24. The van der Waals surface area contributed by atoms with Crippen molar-refractivity contribution >= 4 is 51.7 Å². The van der Waals surface area contributed by atoms with Crippen LogP contribution in [0.4, 0.5) is 5.69 Å². The molecule has 6 rings (SSSR count). The number of benzene rings is 3. The molecule has 0 bridgehead atoms. The van der Waals surface area contributed by atoms with Gasteiger partial charge in [-0.15, -0.1) is 0 Å². The van der Waals surface area contributed by atoms with Crippen molar-refractivity contribution < 1.29 is 23.9 Å². The number of hydrogen-bond acceptors (Lipinski definition) is 5. The van der Waals surface area contributed by atoms with E-state index >= 15 is 0 Å². The van der Waals surface area contributed by atoms with Crippen molar-refractivity contribution in [3.63, 3.8) is 0 Å². The van der Waals surface area contributed by atoms with Crippen LogP contribution in [-0.4, -0.2) is 29.0 Å². The standard InChI is InChI=1S/C28H20INO5/c1-14-10-11-18(12-15(14)2)30-26(33)21-22(27(30)34)28(35-23(21)16-6-5-7-17(29)13-16)24(31)19-8-3-4-9-20(19)25(28)32/h3-13,21-23H,1-2H3/t21-,22-,23-/m0/s1. The molecule has 2 aliphatic heterocycles. The lowest BCUT2D eigenvalue weighted by Gasteiger charge is -2.27. The van der Waals surface area contributed by atoms with Crippen LogP contribution in [0.15, 0.2) is 66.7 Å². The lowest BCUT2D eigenvalue weighted by atomic mass is 9.77. The second-order valence-electron chi connectivity index (χ2n) is 9.32. The lowest BCUT2D eigenvalue weighted by molar-refractivity contribution is -0.127. The highest BCUT2D eigenvalue weighted by atomic mass is 127. The third-order valence-corrected chi connectivity index (χ3v) is 8.12. The van der Waals surface area contributed by atoms with E-state index in [2.05, 4.69) is 22.6 Å². The molecule has 1 spiro atoms. The van der Waals surface area contributed by atoms with Crippen molar-refractivity contribution in [3.8, 4) is 0 Å². The second kappa shape index (κ2) is 7.66. The Labute approximate surface area is 215 Å². The van der Waals surface area contributed by atoms with Crippen LogP contribution in [0.5, 0.6) is 0 Å². The fourth-order valence-corrected chi connectivity index (χ4v) is 6.19. The third kappa shape index (κ3) is 2.91. The number of rotatable bonds is 2. The van der Waals surface area contributed by atoms with Gasteiger partial charge in [-0.3, -0.25) is 19.2 Å². The average molecular weight is 577 g/mol. The molecule has 3 atom stereocenters. The molecule has 0 saturated carbocycles. The van der Waals surface area contributed by atoms with Gasteiger partial charge in [-0.2, -0.15) is 0 Å². The first kappa shape index (κ1) is 22.3. The minimum absolute atomic E-state index is 0.226. The number of ether oxygens (including phenoxy) is 1. The number of hydrogen-bond donors (Lipinski definition) is 0. The minimum atomic E-state index is -2.05. The van der Waals surface area contributed by atoms with E-state index in [9.17, 15) is 19.2 Å². The quantitative estimate of drug-likeness (QED) is 0.253. The first-order valence-corrected chi connectivity index (χ1v) is 12.4. The molecule has 1 aliphatic carbocycles. The molecule has 174 valence electrons. The Kier molecular flexibility index (Phi) is 4.88. The second-order valence-corrected chi connectivity index (χ2v) is 10.6. The highest BCUT2D eigenvalue weighted by molar-refractivity contribution is 14.1. The monoisotopic (exact) mass is 577 g/mol. The molecule has 35 heavy (non-hydrogen) atoms. The molecule has 2 heterocycles. The number of halogens is 1. The fraction of sp³-hybridized carbons (Fsp3) is 0.214. The maximum absolute atomic E-state index is 14.0. The molecule has 3 aliphatic rings. The topological polar surface area (TPSA) is 80.8 Å². The molecule has 0 aromatic heterocycles. The molecule has 6 nitrogen and oxygen atoms in total. The third-order valence-electron chi connectivity index (χ3n) is 7.44. The summed E-state index contributed by atoms with van der Waals surface area (Å²) >= 11 is 2.16. The Bertz CT molecular complexity index is 1440. The lowest BCUT2D eigenvalue weighted by Crippen LogP contribution is -2.51. The molecule has 2 saturated heterocycles. The van der Waals surface area contributed by atoms with Gasteiger partial charge in [-0.25, -0.2) is 4.90 Å². The van der Waals surface area contributed by atoms with E-state index in [-0.39, 0.29) is 11.1 Å². The predicted molar refractivity (Wildman–Crippen MR) is 136 cm³/mol. The van der Waals surface area contributed by atoms with Gasteiger partial charge >= 0.3 is 0 Å². The van der Waals surface area contributed by atoms with Gasteiger partial charge in [-0.1, -0.05) is 42.5 Å². The van der Waals surface area contributed by atoms with Gasteiger partial charge in [0.15, 0.2) is 0 Å². The minimum Gasteiger partial charge on any atom is -0.349 e. The number of amides is 2.